The number of hydrogen-bond donors (Lipinski definition) is 2. The Balaban J connectivity index is 3.44. The van der Waals surface area contributed by atoms with Crippen LogP contribution in [0.1, 0.15) is 0 Å². The zero-order valence-electron chi connectivity index (χ0n) is 7.61. The lowest BCUT2D eigenvalue weighted by atomic mass is 10.2. The lowest BCUT2D eigenvalue weighted by Crippen LogP contribution is -1.99. The first-order valence-corrected chi connectivity index (χ1v) is 3.83. The van der Waals surface area contributed by atoms with E-state index in [1.54, 1.807) is 0 Å². The standard InChI is InChI=1S/C7H5N3O6/c11-3-8-5-1-4(9(13)14)2-6(7(5)12)10(15)16/h1-3,12H,(H,8,11). The molecule has 16 heavy (non-hydrogen) atoms. The third-order valence-electron chi connectivity index (χ3n) is 1.70. The van der Waals surface area contributed by atoms with Gasteiger partial charge in [-0.2, -0.15) is 0 Å². The van der Waals surface area contributed by atoms with E-state index in [1.807, 2.05) is 5.32 Å². The fraction of sp³-hybridized carbons (Fsp3) is 0. The summed E-state index contributed by atoms with van der Waals surface area (Å²) in [6, 6.07) is 1.42. The summed E-state index contributed by atoms with van der Waals surface area (Å²) in [6.45, 7) is 0. The van der Waals surface area contributed by atoms with E-state index in [0.29, 0.717) is 6.07 Å². The predicted molar refractivity (Wildman–Crippen MR) is 51.1 cm³/mol. The Kier molecular flexibility index (Phi) is 2.99. The van der Waals surface area contributed by atoms with Crippen LogP contribution in [0, 0.1) is 20.2 Å². The van der Waals surface area contributed by atoms with Gasteiger partial charge < -0.3 is 10.4 Å². The Labute approximate surface area is 87.6 Å². The first-order valence-electron chi connectivity index (χ1n) is 3.83. The summed E-state index contributed by atoms with van der Waals surface area (Å²) in [4.78, 5) is 29.2. The molecular weight excluding hydrogens is 222 g/mol. The van der Waals surface area contributed by atoms with Crippen molar-refractivity contribution < 1.29 is 19.7 Å². The van der Waals surface area contributed by atoms with Crippen LogP contribution in [-0.4, -0.2) is 21.4 Å². The lowest BCUT2D eigenvalue weighted by molar-refractivity contribution is -0.394. The van der Waals surface area contributed by atoms with Crippen molar-refractivity contribution in [3.05, 3.63) is 32.4 Å². The van der Waals surface area contributed by atoms with Gasteiger partial charge >= 0.3 is 5.69 Å². The number of phenols is 1. The molecule has 1 aromatic rings. The van der Waals surface area contributed by atoms with Crippen molar-refractivity contribution in [2.75, 3.05) is 5.32 Å². The molecule has 0 spiro atoms. The smallest absolute Gasteiger partial charge is 0.319 e. The van der Waals surface area contributed by atoms with E-state index in [2.05, 4.69) is 0 Å². The Hall–Kier alpha value is -2.71. The summed E-state index contributed by atoms with van der Waals surface area (Å²) in [7, 11) is 0. The predicted octanol–water partition coefficient (Wildman–Crippen LogP) is 0.777. The molecule has 0 aromatic heterocycles. The van der Waals surface area contributed by atoms with Crippen molar-refractivity contribution in [1.82, 2.24) is 0 Å². The molecule has 0 unspecified atom stereocenters. The van der Waals surface area contributed by atoms with Crippen LogP contribution in [0.25, 0.3) is 0 Å². The van der Waals surface area contributed by atoms with Crippen molar-refractivity contribution in [2.24, 2.45) is 0 Å². The van der Waals surface area contributed by atoms with Crippen molar-refractivity contribution >= 4 is 23.5 Å². The Morgan fingerprint density at radius 2 is 1.88 bits per heavy atom. The molecule has 0 heterocycles. The summed E-state index contributed by atoms with van der Waals surface area (Å²) < 4.78 is 0. The van der Waals surface area contributed by atoms with Gasteiger partial charge in [-0.05, 0) is 0 Å². The molecule has 0 fully saturated rings. The molecule has 0 atom stereocenters. The van der Waals surface area contributed by atoms with Crippen molar-refractivity contribution in [3.63, 3.8) is 0 Å². The number of nitro benzene ring substituents is 2. The minimum atomic E-state index is -0.988. The van der Waals surface area contributed by atoms with E-state index >= 15 is 0 Å². The van der Waals surface area contributed by atoms with Gasteiger partial charge in [0, 0.05) is 6.07 Å². The summed E-state index contributed by atoms with van der Waals surface area (Å²) in [5.74, 6) is -0.831. The first kappa shape index (κ1) is 11.4. The molecule has 0 aliphatic heterocycles. The summed E-state index contributed by atoms with van der Waals surface area (Å²) >= 11 is 0. The average Bonchev–Trinajstić information content (AvgIpc) is 2.20. The van der Waals surface area contributed by atoms with Gasteiger partial charge in [0.15, 0.2) is 0 Å². The molecule has 9 nitrogen and oxygen atoms in total. The number of non-ortho nitro benzene ring substituents is 1. The third kappa shape index (κ3) is 2.03. The van der Waals surface area contributed by atoms with Crippen LogP contribution in [0.4, 0.5) is 17.1 Å². The molecule has 84 valence electrons. The topological polar surface area (TPSA) is 136 Å². The zero-order valence-corrected chi connectivity index (χ0v) is 7.61. The van der Waals surface area contributed by atoms with E-state index < -0.39 is 32.7 Å². The molecule has 1 amide bonds. The highest BCUT2D eigenvalue weighted by molar-refractivity contribution is 5.80. The Morgan fingerprint density at radius 3 is 2.31 bits per heavy atom. The number of anilines is 1. The second-order valence-electron chi connectivity index (χ2n) is 2.64. The summed E-state index contributed by atoms with van der Waals surface area (Å²) in [5.41, 5.74) is -1.84. The van der Waals surface area contributed by atoms with Crippen LogP contribution < -0.4 is 5.32 Å². The zero-order chi connectivity index (χ0) is 12.3. The lowest BCUT2D eigenvalue weighted by Gasteiger charge is -2.02. The molecule has 1 rings (SSSR count). The van der Waals surface area contributed by atoms with E-state index in [0.717, 1.165) is 6.07 Å². The van der Waals surface area contributed by atoms with Gasteiger partial charge in [0.2, 0.25) is 12.2 Å². The fourth-order valence-corrected chi connectivity index (χ4v) is 1.02. The second-order valence-corrected chi connectivity index (χ2v) is 2.64. The SMILES string of the molecule is O=CNc1cc([N+](=O)[O-])cc([N+](=O)[O-])c1O. The Morgan fingerprint density at radius 1 is 1.25 bits per heavy atom. The van der Waals surface area contributed by atoms with Crippen LogP contribution in [0.15, 0.2) is 12.1 Å². The van der Waals surface area contributed by atoms with E-state index in [9.17, 15) is 30.1 Å². The van der Waals surface area contributed by atoms with Gasteiger partial charge in [-0.15, -0.1) is 0 Å². The number of nitrogens with zero attached hydrogens (tertiary/aromatic N) is 2. The molecule has 0 saturated heterocycles. The molecule has 0 bridgehead atoms. The highest BCUT2D eigenvalue weighted by Crippen LogP contribution is 2.37. The van der Waals surface area contributed by atoms with Crippen molar-refractivity contribution in [2.45, 2.75) is 0 Å². The average molecular weight is 227 g/mol. The van der Waals surface area contributed by atoms with Gasteiger partial charge in [0.05, 0.1) is 21.6 Å². The number of nitro groups is 2. The van der Waals surface area contributed by atoms with Gasteiger partial charge in [0.25, 0.3) is 5.69 Å². The van der Waals surface area contributed by atoms with Crippen LogP contribution in [0.3, 0.4) is 0 Å². The molecule has 0 aliphatic carbocycles. The first-order chi connectivity index (χ1) is 7.47. The quantitative estimate of drug-likeness (QED) is 0.337. The summed E-state index contributed by atoms with van der Waals surface area (Å²) in [6.07, 6.45) is 0.141. The molecule has 0 aliphatic rings. The minimum Gasteiger partial charge on any atom is -0.501 e. The van der Waals surface area contributed by atoms with Gasteiger partial charge in [-0.3, -0.25) is 25.0 Å². The number of rotatable bonds is 4. The van der Waals surface area contributed by atoms with Gasteiger partial charge in [-0.1, -0.05) is 0 Å². The van der Waals surface area contributed by atoms with Gasteiger partial charge in [0.1, 0.15) is 0 Å². The number of carbonyl (C=O) groups is 1. The van der Waals surface area contributed by atoms with Crippen molar-refractivity contribution in [1.29, 1.82) is 0 Å². The largest absolute Gasteiger partial charge is 0.501 e. The second kappa shape index (κ2) is 4.21. The van der Waals surface area contributed by atoms with Crippen LogP contribution in [0.5, 0.6) is 5.75 Å². The molecule has 2 N–H and O–H groups in total. The van der Waals surface area contributed by atoms with Crippen LogP contribution in [-0.2, 0) is 4.79 Å². The van der Waals surface area contributed by atoms with E-state index in [1.165, 1.54) is 0 Å². The molecule has 1 aromatic carbocycles. The number of phenolic OH excluding ortho intramolecular Hbond substituents is 1. The molecular formula is C7H5N3O6. The highest BCUT2D eigenvalue weighted by atomic mass is 16.6. The third-order valence-corrected chi connectivity index (χ3v) is 1.70. The number of hydrogen-bond acceptors (Lipinski definition) is 6. The number of carbonyl (C=O) groups excluding carboxylic acids is 1. The summed E-state index contributed by atoms with van der Waals surface area (Å²) in [5, 5.41) is 32.1. The number of aromatic hydroxyl groups is 1. The van der Waals surface area contributed by atoms with Crippen LogP contribution >= 0.6 is 0 Å². The number of nitrogens with one attached hydrogen (secondary N) is 1. The monoisotopic (exact) mass is 227 g/mol. The number of benzene rings is 1. The van der Waals surface area contributed by atoms with Crippen molar-refractivity contribution in [3.8, 4) is 5.75 Å². The molecule has 0 saturated carbocycles. The fourth-order valence-electron chi connectivity index (χ4n) is 1.02. The number of amides is 1. The maximum Gasteiger partial charge on any atom is 0.319 e. The maximum absolute atomic E-state index is 10.5. The molecule has 0 radical (unpaired) electrons. The van der Waals surface area contributed by atoms with E-state index in [4.69, 9.17) is 0 Å². The minimum absolute atomic E-state index is 0.141. The Bertz CT molecular complexity index is 471. The van der Waals surface area contributed by atoms with E-state index in [-0.39, 0.29) is 6.41 Å². The highest BCUT2D eigenvalue weighted by Gasteiger charge is 2.23. The molecule has 9 heteroatoms. The normalized spacial score (nSPS) is 9.50. The van der Waals surface area contributed by atoms with Crippen LogP contribution in [0.2, 0.25) is 0 Å². The van der Waals surface area contributed by atoms with Gasteiger partial charge in [-0.25, -0.2) is 0 Å². The maximum atomic E-state index is 10.5.